The summed E-state index contributed by atoms with van der Waals surface area (Å²) in [6.45, 7) is 1.95. The van der Waals surface area contributed by atoms with Gasteiger partial charge in [-0.1, -0.05) is 34.8 Å². The van der Waals surface area contributed by atoms with E-state index in [0.717, 1.165) is 28.0 Å². The van der Waals surface area contributed by atoms with Gasteiger partial charge < -0.3 is 10.3 Å². The van der Waals surface area contributed by atoms with Gasteiger partial charge in [-0.25, -0.2) is 4.98 Å². The van der Waals surface area contributed by atoms with Gasteiger partial charge in [0.15, 0.2) is 0 Å². The molecule has 1 heterocycles. The number of rotatable bonds is 3. The van der Waals surface area contributed by atoms with Crippen LogP contribution in [0.1, 0.15) is 15.9 Å². The number of carbonyl (C=O) groups is 1. The van der Waals surface area contributed by atoms with Gasteiger partial charge in [0.25, 0.3) is 5.91 Å². The van der Waals surface area contributed by atoms with Crippen molar-refractivity contribution in [1.82, 2.24) is 9.97 Å². The molecule has 2 N–H and O–H groups in total. The van der Waals surface area contributed by atoms with E-state index in [4.69, 9.17) is 34.8 Å². The number of aromatic amines is 1. The molecule has 140 valence electrons. The van der Waals surface area contributed by atoms with E-state index >= 15 is 0 Å². The summed E-state index contributed by atoms with van der Waals surface area (Å²) in [6.07, 6.45) is 0. The van der Waals surface area contributed by atoms with Crippen molar-refractivity contribution in [2.24, 2.45) is 0 Å². The average Bonchev–Trinajstić information content (AvgIpc) is 3.07. The number of amides is 1. The number of H-pyrrole nitrogens is 1. The van der Waals surface area contributed by atoms with Gasteiger partial charge in [-0.05, 0) is 67.1 Å². The monoisotopic (exact) mass is 429 g/mol. The molecule has 3 aromatic carbocycles. The minimum absolute atomic E-state index is 0.264. The number of aromatic nitrogens is 2. The minimum atomic E-state index is -0.264. The molecule has 7 heteroatoms. The number of halogens is 3. The topological polar surface area (TPSA) is 57.8 Å². The Balaban J connectivity index is 1.55. The molecular formula is C21H14Cl3N3O. The maximum absolute atomic E-state index is 12.4. The third-order valence-corrected chi connectivity index (χ3v) is 5.51. The summed E-state index contributed by atoms with van der Waals surface area (Å²) >= 11 is 18.0. The Morgan fingerprint density at radius 3 is 2.39 bits per heavy atom. The minimum Gasteiger partial charge on any atom is -0.338 e. The number of anilines is 1. The lowest BCUT2D eigenvalue weighted by Crippen LogP contribution is -2.11. The lowest BCUT2D eigenvalue weighted by atomic mass is 10.1. The molecule has 0 aliphatic carbocycles. The molecule has 0 saturated heterocycles. The SMILES string of the molecule is Cc1cc2[nH]c(-c3ccc(NC(=O)c4ccc(Cl)c(Cl)c4)cc3)nc2cc1Cl. The Hall–Kier alpha value is -2.53. The third-order valence-electron chi connectivity index (χ3n) is 4.36. The lowest BCUT2D eigenvalue weighted by molar-refractivity contribution is 0.102. The van der Waals surface area contributed by atoms with Crippen LogP contribution in [0.25, 0.3) is 22.4 Å². The van der Waals surface area contributed by atoms with Crippen molar-refractivity contribution in [2.45, 2.75) is 6.92 Å². The molecule has 1 aromatic heterocycles. The molecule has 0 unspecified atom stereocenters. The van der Waals surface area contributed by atoms with E-state index in [2.05, 4.69) is 15.3 Å². The highest BCUT2D eigenvalue weighted by molar-refractivity contribution is 6.42. The van der Waals surface area contributed by atoms with Crippen molar-refractivity contribution < 1.29 is 4.79 Å². The number of carbonyl (C=O) groups excluding carboxylic acids is 1. The first-order valence-corrected chi connectivity index (χ1v) is 9.57. The van der Waals surface area contributed by atoms with Crippen LogP contribution < -0.4 is 5.32 Å². The summed E-state index contributed by atoms with van der Waals surface area (Å²) in [7, 11) is 0. The van der Waals surface area contributed by atoms with Gasteiger partial charge >= 0.3 is 0 Å². The van der Waals surface area contributed by atoms with Gasteiger partial charge in [0.1, 0.15) is 5.82 Å². The molecule has 28 heavy (non-hydrogen) atoms. The highest BCUT2D eigenvalue weighted by atomic mass is 35.5. The fourth-order valence-corrected chi connectivity index (χ4v) is 3.28. The molecule has 4 nitrogen and oxygen atoms in total. The number of imidazole rings is 1. The first-order chi connectivity index (χ1) is 13.4. The maximum atomic E-state index is 12.4. The number of hydrogen-bond acceptors (Lipinski definition) is 2. The van der Waals surface area contributed by atoms with E-state index in [9.17, 15) is 4.79 Å². The molecular weight excluding hydrogens is 417 g/mol. The summed E-state index contributed by atoms with van der Waals surface area (Å²) in [5.74, 6) is 0.471. The Labute approximate surface area is 176 Å². The maximum Gasteiger partial charge on any atom is 0.255 e. The Bertz CT molecular complexity index is 1160. The van der Waals surface area contributed by atoms with E-state index in [1.54, 1.807) is 12.1 Å². The second kappa shape index (κ2) is 7.47. The molecule has 4 rings (SSSR count). The highest BCUT2D eigenvalue weighted by Crippen LogP contribution is 2.27. The van der Waals surface area contributed by atoms with Crippen molar-refractivity contribution >= 4 is 57.4 Å². The lowest BCUT2D eigenvalue weighted by Gasteiger charge is -2.07. The van der Waals surface area contributed by atoms with E-state index < -0.39 is 0 Å². The third kappa shape index (κ3) is 3.72. The zero-order chi connectivity index (χ0) is 19.8. The first-order valence-electron chi connectivity index (χ1n) is 8.43. The Morgan fingerprint density at radius 1 is 0.929 bits per heavy atom. The number of fused-ring (bicyclic) bond motifs is 1. The smallest absolute Gasteiger partial charge is 0.255 e. The van der Waals surface area contributed by atoms with Crippen LogP contribution in [0.4, 0.5) is 5.69 Å². The number of nitrogens with one attached hydrogen (secondary N) is 2. The molecule has 0 aliphatic heterocycles. The molecule has 0 saturated carbocycles. The summed E-state index contributed by atoms with van der Waals surface area (Å²) < 4.78 is 0. The highest BCUT2D eigenvalue weighted by Gasteiger charge is 2.10. The second-order valence-corrected chi connectivity index (χ2v) is 7.59. The van der Waals surface area contributed by atoms with Gasteiger partial charge in [0.2, 0.25) is 0 Å². The number of aryl methyl sites for hydroxylation is 1. The van der Waals surface area contributed by atoms with Crippen molar-refractivity contribution in [3.8, 4) is 11.4 Å². The number of hydrogen-bond donors (Lipinski definition) is 2. The Kier molecular flexibility index (Phi) is 5.02. The largest absolute Gasteiger partial charge is 0.338 e. The van der Waals surface area contributed by atoms with Gasteiger partial charge in [0, 0.05) is 21.8 Å². The number of nitrogens with zero attached hydrogens (tertiary/aromatic N) is 1. The molecule has 0 spiro atoms. The molecule has 1 amide bonds. The van der Waals surface area contributed by atoms with Gasteiger partial charge in [-0.2, -0.15) is 0 Å². The molecule has 0 atom stereocenters. The molecule has 0 fully saturated rings. The van der Waals surface area contributed by atoms with Gasteiger partial charge in [0.05, 0.1) is 21.1 Å². The van der Waals surface area contributed by atoms with E-state index in [-0.39, 0.29) is 5.91 Å². The van der Waals surface area contributed by atoms with Gasteiger partial charge in [-0.15, -0.1) is 0 Å². The molecule has 0 radical (unpaired) electrons. The van der Waals surface area contributed by atoms with Crippen LogP contribution >= 0.6 is 34.8 Å². The molecule has 0 aliphatic rings. The van der Waals surface area contributed by atoms with Crippen LogP contribution in [0.15, 0.2) is 54.6 Å². The first kappa shape index (κ1) is 18.8. The van der Waals surface area contributed by atoms with Crippen LogP contribution in [-0.4, -0.2) is 15.9 Å². The van der Waals surface area contributed by atoms with Crippen LogP contribution in [0.2, 0.25) is 15.1 Å². The normalized spacial score (nSPS) is 11.0. The van der Waals surface area contributed by atoms with E-state index in [1.165, 1.54) is 6.07 Å². The second-order valence-electron chi connectivity index (χ2n) is 6.36. The van der Waals surface area contributed by atoms with Crippen LogP contribution in [-0.2, 0) is 0 Å². The van der Waals surface area contributed by atoms with Crippen molar-refractivity contribution in [1.29, 1.82) is 0 Å². The average molecular weight is 431 g/mol. The Morgan fingerprint density at radius 2 is 1.68 bits per heavy atom. The number of benzene rings is 3. The van der Waals surface area contributed by atoms with Crippen molar-refractivity contribution in [3.63, 3.8) is 0 Å². The zero-order valence-electron chi connectivity index (χ0n) is 14.7. The van der Waals surface area contributed by atoms with Crippen LogP contribution in [0, 0.1) is 6.92 Å². The van der Waals surface area contributed by atoms with Crippen LogP contribution in [0.5, 0.6) is 0 Å². The summed E-state index contributed by atoms with van der Waals surface area (Å²) in [5.41, 5.74) is 4.72. The standard InChI is InChI=1S/C21H14Cl3N3O/c1-11-8-18-19(10-16(11)23)27-20(26-18)12-2-5-14(6-3-12)25-21(28)13-4-7-15(22)17(24)9-13/h2-10H,1H3,(H,25,28)(H,26,27). The summed E-state index contributed by atoms with van der Waals surface area (Å²) in [4.78, 5) is 20.2. The van der Waals surface area contributed by atoms with Gasteiger partial charge in [-0.3, -0.25) is 4.79 Å². The quantitative estimate of drug-likeness (QED) is 0.377. The van der Waals surface area contributed by atoms with Crippen molar-refractivity contribution in [3.05, 3.63) is 80.8 Å². The van der Waals surface area contributed by atoms with Crippen LogP contribution in [0.3, 0.4) is 0 Å². The fourth-order valence-electron chi connectivity index (χ4n) is 2.83. The van der Waals surface area contributed by atoms with E-state index in [1.807, 2.05) is 43.3 Å². The van der Waals surface area contributed by atoms with E-state index in [0.29, 0.717) is 26.3 Å². The molecule has 0 bridgehead atoms. The van der Waals surface area contributed by atoms with Crippen molar-refractivity contribution in [2.75, 3.05) is 5.32 Å². The fraction of sp³-hybridized carbons (Fsp3) is 0.0476. The predicted octanol–water partition coefficient (Wildman–Crippen LogP) is 6.75. The zero-order valence-corrected chi connectivity index (χ0v) is 17.0. The predicted molar refractivity (Wildman–Crippen MR) is 116 cm³/mol. The molecule has 4 aromatic rings. The summed E-state index contributed by atoms with van der Waals surface area (Å²) in [5, 5.41) is 4.27. The summed E-state index contributed by atoms with van der Waals surface area (Å²) in [6, 6.07) is 16.0.